The van der Waals surface area contributed by atoms with Crippen LogP contribution in [0.25, 0.3) is 0 Å². The summed E-state index contributed by atoms with van der Waals surface area (Å²) in [5.74, 6) is 0. The first kappa shape index (κ1) is 19.3. The van der Waals surface area contributed by atoms with Crippen molar-refractivity contribution in [3.05, 3.63) is 66.8 Å². The molecular weight excluding hydrogens is 424 g/mol. The molecule has 0 saturated heterocycles. The van der Waals surface area contributed by atoms with Crippen molar-refractivity contribution in [2.24, 2.45) is 0 Å². The van der Waals surface area contributed by atoms with Gasteiger partial charge >= 0.3 is 147 Å². The van der Waals surface area contributed by atoms with Crippen molar-refractivity contribution in [1.29, 1.82) is 0 Å². The molecule has 0 aromatic heterocycles. The summed E-state index contributed by atoms with van der Waals surface area (Å²) in [5.41, 5.74) is -0.341. The molecule has 0 saturated carbocycles. The van der Waals surface area contributed by atoms with Crippen LogP contribution in [0.2, 0.25) is 0 Å². The van der Waals surface area contributed by atoms with Gasteiger partial charge in [-0.25, -0.2) is 0 Å². The number of halogens is 4. The van der Waals surface area contributed by atoms with E-state index in [-0.39, 0.29) is 0 Å². The van der Waals surface area contributed by atoms with E-state index in [1.54, 1.807) is 24.3 Å². The summed E-state index contributed by atoms with van der Waals surface area (Å²) in [4.78, 5) is 0. The van der Waals surface area contributed by atoms with Crippen molar-refractivity contribution < 1.29 is 8.58 Å². The normalized spacial score (nSPS) is 15.0. The molecule has 0 nitrogen and oxygen atoms in total. The van der Waals surface area contributed by atoms with Crippen LogP contribution in [0.3, 0.4) is 0 Å². The summed E-state index contributed by atoms with van der Waals surface area (Å²) in [6.45, 7) is 11.0. The molecule has 0 aliphatic heterocycles. The van der Waals surface area contributed by atoms with E-state index >= 15 is 8.58 Å². The van der Waals surface area contributed by atoms with Gasteiger partial charge in [0.2, 0.25) is 0 Å². The second-order valence-electron chi connectivity index (χ2n) is 8.14. The Bertz CT molecular complexity index is 682. The average molecular weight is 450 g/mol. The molecule has 2 aromatic rings. The fraction of sp³-hybridized carbons (Fsp3) is 0.400. The molecule has 0 aliphatic rings. The first-order chi connectivity index (χ1) is 10.7. The van der Waals surface area contributed by atoms with Crippen molar-refractivity contribution in [1.82, 2.24) is 0 Å². The number of benzene rings is 2. The van der Waals surface area contributed by atoms with E-state index in [0.717, 1.165) is 0 Å². The third-order valence-corrected chi connectivity index (χ3v) is 9.71. The van der Waals surface area contributed by atoms with Gasteiger partial charge in [0.1, 0.15) is 0 Å². The van der Waals surface area contributed by atoms with E-state index in [0.29, 0.717) is 11.1 Å². The van der Waals surface area contributed by atoms with E-state index in [1.165, 1.54) is 24.3 Å². The Morgan fingerprint density at radius 2 is 0.875 bits per heavy atom. The Labute approximate surface area is 146 Å². The van der Waals surface area contributed by atoms with Crippen LogP contribution in [0.1, 0.15) is 52.7 Å². The van der Waals surface area contributed by atoms with E-state index in [9.17, 15) is 0 Å². The van der Waals surface area contributed by atoms with Crippen molar-refractivity contribution in [2.45, 2.75) is 52.4 Å². The van der Waals surface area contributed by atoms with Crippen LogP contribution in [0, 0.1) is 7.14 Å². The molecular formula is C20H26F3I. The quantitative estimate of drug-likeness (QED) is 0.415. The molecule has 24 heavy (non-hydrogen) atoms. The van der Waals surface area contributed by atoms with E-state index in [4.69, 9.17) is 0 Å². The van der Waals surface area contributed by atoms with Gasteiger partial charge in [0.25, 0.3) is 0 Å². The average Bonchev–Trinajstić information content (AvgIpc) is 2.45. The van der Waals surface area contributed by atoms with Gasteiger partial charge in [0.15, 0.2) is 0 Å². The summed E-state index contributed by atoms with van der Waals surface area (Å²) in [6.07, 6.45) is 0. The minimum absolute atomic E-state index is 0.385. The Morgan fingerprint density at radius 1 is 0.583 bits per heavy atom. The van der Waals surface area contributed by atoms with Gasteiger partial charge in [0, 0.05) is 0 Å². The molecule has 0 spiro atoms. The van der Waals surface area contributed by atoms with Crippen LogP contribution in [0.4, 0.5) is 8.58 Å². The maximum atomic E-state index is 15.7. The first-order valence-corrected chi connectivity index (χ1v) is 12.6. The molecule has 0 bridgehead atoms. The first-order valence-electron chi connectivity index (χ1n) is 7.96. The van der Waals surface area contributed by atoms with Crippen LogP contribution >= 0.6 is 18.8 Å². The maximum absolute atomic E-state index is 15.7. The molecule has 2 rings (SSSR count). The van der Waals surface area contributed by atoms with Gasteiger partial charge in [-0.05, 0) is 0 Å². The van der Waals surface area contributed by atoms with Crippen molar-refractivity contribution >= 4 is 18.8 Å². The summed E-state index contributed by atoms with van der Waals surface area (Å²) >= 11 is -7.51. The number of hydrogen-bond acceptors (Lipinski definition) is 0. The van der Waals surface area contributed by atoms with Gasteiger partial charge in [-0.15, -0.1) is 0 Å². The summed E-state index contributed by atoms with van der Waals surface area (Å²) in [5, 5.41) is 0. The number of rotatable bonds is 2. The zero-order chi connectivity index (χ0) is 18.4. The number of hydrogen-bond donors (Lipinski definition) is 0. The summed E-state index contributed by atoms with van der Waals surface area (Å²) < 4.78 is 46.2. The van der Waals surface area contributed by atoms with Crippen LogP contribution in [0.5, 0.6) is 0 Å². The van der Waals surface area contributed by atoms with Gasteiger partial charge in [-0.1, -0.05) is 0 Å². The monoisotopic (exact) mass is 450 g/mol. The molecule has 134 valence electrons. The minimum atomic E-state index is -7.51. The van der Waals surface area contributed by atoms with Crippen molar-refractivity contribution in [2.75, 3.05) is 0 Å². The van der Waals surface area contributed by atoms with Gasteiger partial charge in [-0.3, -0.25) is 0 Å². The Hall–Kier alpha value is -1.04. The summed E-state index contributed by atoms with van der Waals surface area (Å²) in [7, 11) is 0. The second kappa shape index (κ2) is 5.75. The van der Waals surface area contributed by atoms with E-state index in [1.807, 2.05) is 41.5 Å². The van der Waals surface area contributed by atoms with Gasteiger partial charge in [0.05, 0.1) is 0 Å². The molecule has 0 unspecified atom stereocenters. The SMILES string of the molecule is CC(C)(C)c1ccccc1I(F)(F)(F)c1ccccc1C(C)(C)C. The van der Waals surface area contributed by atoms with Crippen LogP contribution in [-0.4, -0.2) is 0 Å². The molecule has 0 radical (unpaired) electrons. The fourth-order valence-electron chi connectivity index (χ4n) is 2.79. The molecule has 0 N–H and O–H groups in total. The van der Waals surface area contributed by atoms with Crippen LogP contribution in [0.15, 0.2) is 48.5 Å². The topological polar surface area (TPSA) is 0 Å². The van der Waals surface area contributed by atoms with Gasteiger partial charge < -0.3 is 0 Å². The molecule has 0 amide bonds. The predicted octanol–water partition coefficient (Wildman–Crippen LogP) is 7.55. The third-order valence-electron chi connectivity index (χ3n) is 4.03. The molecule has 0 aliphatic carbocycles. The second-order valence-corrected chi connectivity index (χ2v) is 14.4. The zero-order valence-electron chi connectivity index (χ0n) is 15.1. The van der Waals surface area contributed by atoms with E-state index < -0.39 is 36.7 Å². The molecule has 0 fully saturated rings. The predicted molar refractivity (Wildman–Crippen MR) is 105 cm³/mol. The molecule has 0 heterocycles. The standard InChI is InChI=1S/C20H26F3I/c1-19(2,3)15-11-7-9-13-17(15)24(21,22,23)18-14-10-8-12-16(18)20(4,5)6/h7-14H,1-6H3. The van der Waals surface area contributed by atoms with Gasteiger partial charge in [-0.2, -0.15) is 0 Å². The van der Waals surface area contributed by atoms with Crippen molar-refractivity contribution in [3.8, 4) is 0 Å². The van der Waals surface area contributed by atoms with E-state index in [2.05, 4.69) is 0 Å². The Balaban J connectivity index is 2.84. The van der Waals surface area contributed by atoms with Crippen molar-refractivity contribution in [3.63, 3.8) is 0 Å². The van der Waals surface area contributed by atoms with Crippen LogP contribution < -0.4 is 0 Å². The fourth-order valence-corrected chi connectivity index (χ4v) is 8.88. The molecule has 2 aromatic carbocycles. The zero-order valence-corrected chi connectivity index (χ0v) is 17.3. The summed E-state index contributed by atoms with van der Waals surface area (Å²) in [6, 6.07) is 12.2. The Morgan fingerprint density at radius 3 is 1.17 bits per heavy atom. The molecule has 4 heteroatoms. The van der Waals surface area contributed by atoms with Crippen LogP contribution in [-0.2, 0) is 10.8 Å². The molecule has 0 atom stereocenters. The third kappa shape index (κ3) is 3.48. The Kier molecular flexibility index (Phi) is 4.62.